The van der Waals surface area contributed by atoms with Crippen molar-refractivity contribution in [2.24, 2.45) is 10.2 Å². The third-order valence-corrected chi connectivity index (χ3v) is 6.21. The zero-order chi connectivity index (χ0) is 25.9. The molecule has 0 radical (unpaired) electrons. The van der Waals surface area contributed by atoms with Gasteiger partial charge < -0.3 is 5.11 Å². The van der Waals surface area contributed by atoms with E-state index in [1.807, 2.05) is 50.2 Å². The molecule has 1 heterocycles. The van der Waals surface area contributed by atoms with Gasteiger partial charge in [-0.1, -0.05) is 42.5 Å². The van der Waals surface area contributed by atoms with Gasteiger partial charge in [-0.2, -0.15) is 23.4 Å². The van der Waals surface area contributed by atoms with Crippen LogP contribution in [-0.2, 0) is 11.0 Å². The van der Waals surface area contributed by atoms with Crippen LogP contribution in [-0.4, -0.2) is 24.2 Å². The van der Waals surface area contributed by atoms with Gasteiger partial charge in [0, 0.05) is 12.3 Å². The second-order valence-corrected chi connectivity index (χ2v) is 9.04. The average molecular weight is 496 g/mol. The molecular formula is C28H28F3N3O2. The van der Waals surface area contributed by atoms with Gasteiger partial charge in [0.05, 0.1) is 23.7 Å². The van der Waals surface area contributed by atoms with E-state index >= 15 is 0 Å². The maximum Gasteiger partial charge on any atom is 0.416 e. The lowest BCUT2D eigenvalue weighted by Gasteiger charge is -2.22. The summed E-state index contributed by atoms with van der Waals surface area (Å²) in [5.41, 5.74) is 2.94. The molecule has 5 nitrogen and oxygen atoms in total. The van der Waals surface area contributed by atoms with E-state index in [4.69, 9.17) is 5.11 Å². The van der Waals surface area contributed by atoms with Gasteiger partial charge in [0.1, 0.15) is 6.04 Å². The molecule has 188 valence electrons. The first kappa shape index (κ1) is 25.6. The molecule has 4 rings (SSSR count). The molecule has 1 amide bonds. The Balaban J connectivity index is 1.85. The van der Waals surface area contributed by atoms with Crippen molar-refractivity contribution in [3.8, 4) is 0 Å². The molecule has 0 aliphatic carbocycles. The lowest BCUT2D eigenvalue weighted by molar-refractivity contribution is -0.137. The fourth-order valence-corrected chi connectivity index (χ4v) is 4.63. The number of unbranched alkanes of at least 4 members (excludes halogenated alkanes) is 1. The van der Waals surface area contributed by atoms with Crippen LogP contribution >= 0.6 is 0 Å². The Morgan fingerprint density at radius 3 is 2.31 bits per heavy atom. The second-order valence-electron chi connectivity index (χ2n) is 9.04. The van der Waals surface area contributed by atoms with Crippen molar-refractivity contribution in [1.82, 2.24) is 0 Å². The predicted molar refractivity (Wildman–Crippen MR) is 132 cm³/mol. The van der Waals surface area contributed by atoms with Crippen molar-refractivity contribution >= 4 is 17.3 Å². The highest BCUT2D eigenvalue weighted by molar-refractivity contribution is 6.11. The van der Waals surface area contributed by atoms with Crippen molar-refractivity contribution in [1.29, 1.82) is 0 Å². The minimum atomic E-state index is -4.55. The molecule has 1 aliphatic heterocycles. The summed E-state index contributed by atoms with van der Waals surface area (Å²) in [7, 11) is 0. The summed E-state index contributed by atoms with van der Waals surface area (Å²) in [6.45, 7) is 4.20. The summed E-state index contributed by atoms with van der Waals surface area (Å²) in [6.07, 6.45) is -3.32. The highest BCUT2D eigenvalue weighted by Crippen LogP contribution is 2.50. The van der Waals surface area contributed by atoms with Crippen LogP contribution in [0.3, 0.4) is 0 Å². The van der Waals surface area contributed by atoms with Crippen molar-refractivity contribution in [2.45, 2.75) is 44.8 Å². The largest absolute Gasteiger partial charge is 0.416 e. The number of amides is 1. The van der Waals surface area contributed by atoms with E-state index in [1.54, 1.807) is 12.1 Å². The summed E-state index contributed by atoms with van der Waals surface area (Å²) in [4.78, 5) is 15.4. The molecule has 1 aliphatic rings. The Morgan fingerprint density at radius 1 is 0.972 bits per heavy atom. The van der Waals surface area contributed by atoms with E-state index in [9.17, 15) is 18.0 Å². The van der Waals surface area contributed by atoms with Crippen LogP contribution in [0.4, 0.5) is 24.5 Å². The van der Waals surface area contributed by atoms with E-state index in [0.29, 0.717) is 30.6 Å². The topological polar surface area (TPSA) is 65.3 Å². The molecule has 8 heteroatoms. The number of alkyl halides is 3. The van der Waals surface area contributed by atoms with Crippen LogP contribution < -0.4 is 4.90 Å². The zero-order valence-corrected chi connectivity index (χ0v) is 20.2. The molecule has 3 aromatic rings. The summed E-state index contributed by atoms with van der Waals surface area (Å²) in [5, 5.41) is 17.8. The molecule has 0 spiro atoms. The van der Waals surface area contributed by atoms with Crippen LogP contribution in [0.2, 0.25) is 0 Å². The zero-order valence-electron chi connectivity index (χ0n) is 20.2. The fraction of sp³-hybridized carbons (Fsp3) is 0.321. The van der Waals surface area contributed by atoms with Crippen LogP contribution in [0.15, 0.2) is 77.0 Å². The average Bonchev–Trinajstić information content (AvgIpc) is 3.12. The summed E-state index contributed by atoms with van der Waals surface area (Å²) < 4.78 is 40.9. The first-order valence-electron chi connectivity index (χ1n) is 11.9. The first-order chi connectivity index (χ1) is 17.2. The lowest BCUT2D eigenvalue weighted by atomic mass is 9.88. The Kier molecular flexibility index (Phi) is 7.54. The number of aryl methyl sites for hydroxylation is 2. The lowest BCUT2D eigenvalue weighted by Crippen LogP contribution is -2.26. The molecule has 0 aromatic heterocycles. The number of carbonyl (C=O) groups excluding carboxylic acids is 1. The highest BCUT2D eigenvalue weighted by Gasteiger charge is 2.45. The van der Waals surface area contributed by atoms with Gasteiger partial charge in [-0.3, -0.25) is 9.69 Å². The number of rotatable bonds is 8. The summed E-state index contributed by atoms with van der Waals surface area (Å²) >= 11 is 0. The van der Waals surface area contributed by atoms with Crippen LogP contribution in [0.1, 0.15) is 52.6 Å². The molecule has 1 N–H and O–H groups in total. The minimum Gasteiger partial charge on any atom is -0.396 e. The third kappa shape index (κ3) is 5.33. The number of fused-ring (bicyclic) bond motifs is 1. The van der Waals surface area contributed by atoms with Crippen LogP contribution in [0.25, 0.3) is 0 Å². The molecule has 0 saturated carbocycles. The Labute approximate surface area is 208 Å². The van der Waals surface area contributed by atoms with E-state index in [1.165, 1.54) is 11.0 Å². The molecule has 2 atom stereocenters. The smallest absolute Gasteiger partial charge is 0.396 e. The number of nitrogens with zero attached hydrogens (tertiary/aromatic N) is 3. The van der Waals surface area contributed by atoms with E-state index in [0.717, 1.165) is 28.8 Å². The van der Waals surface area contributed by atoms with Gasteiger partial charge in [0.2, 0.25) is 5.91 Å². The highest BCUT2D eigenvalue weighted by atomic mass is 19.4. The SMILES string of the molecule is Cc1cc(C)cc(N2C(=O)C(C(N=NCCCCO)c3ccccc3)c3ccc(C(F)(F)F)cc32)c1. The van der Waals surface area contributed by atoms with E-state index in [-0.39, 0.29) is 18.2 Å². The van der Waals surface area contributed by atoms with Gasteiger partial charge in [0.25, 0.3) is 0 Å². The van der Waals surface area contributed by atoms with Gasteiger partial charge in [-0.25, -0.2) is 0 Å². The molecule has 0 bridgehead atoms. The predicted octanol–water partition coefficient (Wildman–Crippen LogP) is 7.05. The Hall–Kier alpha value is -3.52. The number of hydrogen-bond acceptors (Lipinski definition) is 4. The normalized spacial score (nSPS) is 16.6. The van der Waals surface area contributed by atoms with Gasteiger partial charge in [-0.05, 0) is 73.2 Å². The number of halogens is 3. The molecule has 0 saturated heterocycles. The van der Waals surface area contributed by atoms with Gasteiger partial charge >= 0.3 is 6.18 Å². The number of carbonyl (C=O) groups is 1. The molecule has 2 unspecified atom stereocenters. The number of anilines is 2. The van der Waals surface area contributed by atoms with Crippen molar-refractivity contribution in [2.75, 3.05) is 18.1 Å². The number of aliphatic hydroxyl groups excluding tert-OH is 1. The fourth-order valence-electron chi connectivity index (χ4n) is 4.63. The van der Waals surface area contributed by atoms with Gasteiger partial charge in [0.15, 0.2) is 0 Å². The number of hydrogen-bond donors (Lipinski definition) is 1. The Morgan fingerprint density at radius 2 is 1.67 bits per heavy atom. The first-order valence-corrected chi connectivity index (χ1v) is 11.9. The maximum absolute atomic E-state index is 14.0. The quantitative estimate of drug-likeness (QED) is 0.269. The standard InChI is InChI=1S/C28H28F3N3O2/c1-18-14-19(2)16-22(15-18)34-24-17-21(28(29,30)31)10-11-23(24)25(27(34)36)26(20-8-4-3-5-9-20)33-32-12-6-7-13-35/h3-5,8-11,14-17,25-26,35H,6-7,12-13H2,1-2H3. The Bertz CT molecular complexity index is 1240. The van der Waals surface area contributed by atoms with Crippen molar-refractivity contribution in [3.63, 3.8) is 0 Å². The number of azo groups is 1. The molecule has 0 fully saturated rings. The molecule has 3 aromatic carbocycles. The summed E-state index contributed by atoms with van der Waals surface area (Å²) in [6, 6.07) is 17.5. The number of benzene rings is 3. The van der Waals surface area contributed by atoms with Gasteiger partial charge in [-0.15, -0.1) is 0 Å². The monoisotopic (exact) mass is 495 g/mol. The molecule has 36 heavy (non-hydrogen) atoms. The van der Waals surface area contributed by atoms with E-state index < -0.39 is 23.7 Å². The van der Waals surface area contributed by atoms with Crippen LogP contribution in [0.5, 0.6) is 0 Å². The van der Waals surface area contributed by atoms with Crippen molar-refractivity contribution < 1.29 is 23.1 Å². The maximum atomic E-state index is 14.0. The van der Waals surface area contributed by atoms with Crippen LogP contribution in [0, 0.1) is 13.8 Å². The van der Waals surface area contributed by atoms with Crippen molar-refractivity contribution in [3.05, 3.63) is 94.5 Å². The van der Waals surface area contributed by atoms with E-state index in [2.05, 4.69) is 10.2 Å². The third-order valence-electron chi connectivity index (χ3n) is 6.21. The summed E-state index contributed by atoms with van der Waals surface area (Å²) in [5.74, 6) is -1.19. The molecular weight excluding hydrogens is 467 g/mol. The second kappa shape index (κ2) is 10.6. The number of aliphatic hydroxyl groups is 1. The minimum absolute atomic E-state index is 0.0541.